The van der Waals surface area contributed by atoms with Gasteiger partial charge in [-0.05, 0) is 35.9 Å². The summed E-state index contributed by atoms with van der Waals surface area (Å²) in [7, 11) is 2.02. The van der Waals surface area contributed by atoms with Gasteiger partial charge in [-0.15, -0.1) is 0 Å². The maximum Gasteiger partial charge on any atom is 0.251 e. The minimum Gasteiger partial charge on any atom is -0.373 e. The molecule has 128 valence electrons. The van der Waals surface area contributed by atoms with Crippen molar-refractivity contribution in [3.63, 3.8) is 0 Å². The third kappa shape index (κ3) is 4.70. The van der Waals surface area contributed by atoms with E-state index in [0.29, 0.717) is 18.7 Å². The molecule has 3 rings (SSSR count). The van der Waals surface area contributed by atoms with Gasteiger partial charge in [-0.3, -0.25) is 9.48 Å². The highest BCUT2D eigenvalue weighted by Crippen LogP contribution is 2.10. The first-order chi connectivity index (χ1) is 12.2. The number of carbonyl (C=O) groups is 1. The van der Waals surface area contributed by atoms with Crippen LogP contribution in [0, 0.1) is 0 Å². The summed E-state index contributed by atoms with van der Waals surface area (Å²) in [6, 6.07) is 19.7. The number of para-hydroxylation sites is 1. The number of amides is 1. The molecule has 0 spiro atoms. The molecule has 0 aliphatic carbocycles. The molecule has 0 fully saturated rings. The van der Waals surface area contributed by atoms with Gasteiger partial charge in [-0.25, -0.2) is 0 Å². The number of hydrogen-bond acceptors (Lipinski definition) is 3. The molecule has 1 N–H and O–H groups in total. The van der Waals surface area contributed by atoms with Crippen LogP contribution in [-0.2, 0) is 6.54 Å². The van der Waals surface area contributed by atoms with Crippen LogP contribution < -0.4 is 10.2 Å². The van der Waals surface area contributed by atoms with Crippen molar-refractivity contribution >= 4 is 11.6 Å². The fourth-order valence-electron chi connectivity index (χ4n) is 2.59. The molecule has 0 saturated carbocycles. The largest absolute Gasteiger partial charge is 0.373 e. The third-order valence-electron chi connectivity index (χ3n) is 4.05. The smallest absolute Gasteiger partial charge is 0.251 e. The second-order valence-corrected chi connectivity index (χ2v) is 5.91. The van der Waals surface area contributed by atoms with Gasteiger partial charge in [0, 0.05) is 43.8 Å². The van der Waals surface area contributed by atoms with Crippen molar-refractivity contribution in [2.24, 2.45) is 0 Å². The van der Waals surface area contributed by atoms with E-state index >= 15 is 0 Å². The van der Waals surface area contributed by atoms with Gasteiger partial charge in [-0.2, -0.15) is 5.10 Å². The number of nitrogens with zero attached hydrogens (tertiary/aromatic N) is 3. The van der Waals surface area contributed by atoms with Crippen LogP contribution in [0.5, 0.6) is 0 Å². The Hall–Kier alpha value is -3.08. The Kier molecular flexibility index (Phi) is 5.46. The normalized spacial score (nSPS) is 10.4. The summed E-state index contributed by atoms with van der Waals surface area (Å²) in [5.41, 5.74) is 2.93. The Labute approximate surface area is 147 Å². The molecule has 0 bridgehead atoms. The number of rotatable bonds is 7. The van der Waals surface area contributed by atoms with Crippen molar-refractivity contribution in [2.75, 3.05) is 25.0 Å². The highest BCUT2D eigenvalue weighted by molar-refractivity contribution is 5.94. The van der Waals surface area contributed by atoms with Crippen LogP contribution in [0.3, 0.4) is 0 Å². The number of likely N-dealkylation sites (N-methyl/N-ethyl adjacent to an activating group) is 1. The lowest BCUT2D eigenvalue weighted by atomic mass is 10.1. The molecule has 0 aliphatic heterocycles. The van der Waals surface area contributed by atoms with E-state index in [9.17, 15) is 4.79 Å². The Bertz CT molecular complexity index is 782. The van der Waals surface area contributed by atoms with E-state index in [1.807, 2.05) is 66.5 Å². The molecule has 0 aliphatic rings. The van der Waals surface area contributed by atoms with Crippen molar-refractivity contribution in [1.82, 2.24) is 15.1 Å². The lowest BCUT2D eigenvalue weighted by Crippen LogP contribution is -2.32. The summed E-state index contributed by atoms with van der Waals surface area (Å²) in [6.45, 7) is 2.06. The topological polar surface area (TPSA) is 50.2 Å². The number of anilines is 1. The summed E-state index contributed by atoms with van der Waals surface area (Å²) in [5.74, 6) is -0.0490. The predicted octanol–water partition coefficient (Wildman–Crippen LogP) is 2.80. The SMILES string of the molecule is CN(CCNC(=O)c1ccc(Cn2cccn2)cc1)c1ccccc1. The first-order valence-electron chi connectivity index (χ1n) is 8.33. The molecular formula is C20H22N4O. The van der Waals surface area contributed by atoms with Gasteiger partial charge in [0.15, 0.2) is 0 Å². The van der Waals surface area contributed by atoms with Crippen LogP contribution in [0.4, 0.5) is 5.69 Å². The van der Waals surface area contributed by atoms with E-state index in [1.54, 1.807) is 6.20 Å². The quantitative estimate of drug-likeness (QED) is 0.723. The molecule has 0 saturated heterocycles. The van der Waals surface area contributed by atoms with Gasteiger partial charge in [0.05, 0.1) is 6.54 Å². The first kappa shape index (κ1) is 16.8. The van der Waals surface area contributed by atoms with Crippen LogP contribution in [0.25, 0.3) is 0 Å². The Morgan fingerprint density at radius 3 is 2.52 bits per heavy atom. The van der Waals surface area contributed by atoms with Gasteiger partial charge in [0.1, 0.15) is 0 Å². The Balaban J connectivity index is 1.48. The minimum absolute atomic E-state index is 0.0490. The molecule has 1 heterocycles. The molecule has 25 heavy (non-hydrogen) atoms. The molecule has 5 heteroatoms. The Morgan fingerprint density at radius 1 is 1.08 bits per heavy atom. The van der Waals surface area contributed by atoms with Gasteiger partial charge >= 0.3 is 0 Å². The molecule has 1 amide bonds. The summed E-state index contributed by atoms with van der Waals surface area (Å²) in [4.78, 5) is 14.4. The fraction of sp³-hybridized carbons (Fsp3) is 0.200. The predicted molar refractivity (Wildman–Crippen MR) is 99.8 cm³/mol. The minimum atomic E-state index is -0.0490. The second-order valence-electron chi connectivity index (χ2n) is 5.91. The molecule has 1 aromatic heterocycles. The summed E-state index contributed by atoms with van der Waals surface area (Å²) < 4.78 is 1.86. The average Bonchev–Trinajstić information content (AvgIpc) is 3.16. The van der Waals surface area contributed by atoms with Crippen LogP contribution in [0.1, 0.15) is 15.9 Å². The van der Waals surface area contributed by atoms with E-state index in [0.717, 1.165) is 17.8 Å². The standard InChI is InChI=1S/C20H22N4O/c1-23(19-6-3-2-4-7-19)15-13-21-20(25)18-10-8-17(9-11-18)16-24-14-5-12-22-24/h2-12,14H,13,15-16H2,1H3,(H,21,25). The van der Waals surface area contributed by atoms with Gasteiger partial charge in [-0.1, -0.05) is 30.3 Å². The summed E-state index contributed by atoms with van der Waals surface area (Å²) in [5, 5.41) is 7.15. The molecular weight excluding hydrogens is 312 g/mol. The van der Waals surface area contributed by atoms with Crippen molar-refractivity contribution in [1.29, 1.82) is 0 Å². The van der Waals surface area contributed by atoms with Crippen molar-refractivity contribution in [3.8, 4) is 0 Å². The van der Waals surface area contributed by atoms with Crippen LogP contribution in [0.15, 0.2) is 73.1 Å². The molecule has 2 aromatic carbocycles. The fourth-order valence-corrected chi connectivity index (χ4v) is 2.59. The number of carbonyl (C=O) groups excluding carboxylic acids is 1. The zero-order chi connectivity index (χ0) is 17.5. The zero-order valence-electron chi connectivity index (χ0n) is 14.3. The van der Waals surface area contributed by atoms with Crippen LogP contribution in [0.2, 0.25) is 0 Å². The van der Waals surface area contributed by atoms with Crippen LogP contribution in [-0.4, -0.2) is 35.8 Å². The van der Waals surface area contributed by atoms with E-state index in [4.69, 9.17) is 0 Å². The average molecular weight is 334 g/mol. The van der Waals surface area contributed by atoms with E-state index in [2.05, 4.69) is 27.4 Å². The van der Waals surface area contributed by atoms with Gasteiger partial charge < -0.3 is 10.2 Å². The zero-order valence-corrected chi connectivity index (χ0v) is 14.3. The van der Waals surface area contributed by atoms with Crippen LogP contribution >= 0.6 is 0 Å². The summed E-state index contributed by atoms with van der Waals surface area (Å²) >= 11 is 0. The molecule has 0 unspecified atom stereocenters. The van der Waals surface area contributed by atoms with E-state index in [1.165, 1.54) is 0 Å². The number of aromatic nitrogens is 2. The highest BCUT2D eigenvalue weighted by Gasteiger charge is 2.06. The van der Waals surface area contributed by atoms with Gasteiger partial charge in [0.25, 0.3) is 5.91 Å². The lowest BCUT2D eigenvalue weighted by Gasteiger charge is -2.19. The van der Waals surface area contributed by atoms with Crippen molar-refractivity contribution in [2.45, 2.75) is 6.54 Å². The van der Waals surface area contributed by atoms with Gasteiger partial charge in [0.2, 0.25) is 0 Å². The van der Waals surface area contributed by atoms with Crippen molar-refractivity contribution < 1.29 is 4.79 Å². The number of benzene rings is 2. The third-order valence-corrected chi connectivity index (χ3v) is 4.05. The maximum atomic E-state index is 12.2. The summed E-state index contributed by atoms with van der Waals surface area (Å²) in [6.07, 6.45) is 3.68. The molecule has 0 radical (unpaired) electrons. The molecule has 5 nitrogen and oxygen atoms in total. The number of nitrogens with one attached hydrogen (secondary N) is 1. The molecule has 3 aromatic rings. The first-order valence-corrected chi connectivity index (χ1v) is 8.33. The maximum absolute atomic E-state index is 12.2. The van der Waals surface area contributed by atoms with E-state index < -0.39 is 0 Å². The second kappa shape index (κ2) is 8.15. The highest BCUT2D eigenvalue weighted by atomic mass is 16.1. The van der Waals surface area contributed by atoms with Crippen molar-refractivity contribution in [3.05, 3.63) is 84.2 Å². The lowest BCUT2D eigenvalue weighted by molar-refractivity contribution is 0.0954. The number of hydrogen-bond donors (Lipinski definition) is 1. The monoisotopic (exact) mass is 334 g/mol. The molecule has 0 atom stereocenters. The Morgan fingerprint density at radius 2 is 1.84 bits per heavy atom. The van der Waals surface area contributed by atoms with E-state index in [-0.39, 0.29) is 5.91 Å².